The molecule has 1 saturated heterocycles. The zero-order valence-corrected chi connectivity index (χ0v) is 23.3. The van der Waals surface area contributed by atoms with Crippen LogP contribution in [0, 0.1) is 23.2 Å². The quantitative estimate of drug-likeness (QED) is 0.418. The number of nitrogens with zero attached hydrogens (tertiary/aromatic N) is 7. The van der Waals surface area contributed by atoms with E-state index in [9.17, 15) is 5.26 Å². The van der Waals surface area contributed by atoms with Gasteiger partial charge >= 0.3 is 0 Å². The van der Waals surface area contributed by atoms with Gasteiger partial charge in [-0.2, -0.15) is 5.26 Å². The smallest absolute Gasteiger partial charge is 0.207 e. The van der Waals surface area contributed by atoms with Gasteiger partial charge in [0.15, 0.2) is 0 Å². The maximum absolute atomic E-state index is 9.91. The van der Waals surface area contributed by atoms with E-state index in [4.69, 9.17) is 26.3 Å². The van der Waals surface area contributed by atoms with Crippen molar-refractivity contribution in [3.05, 3.63) is 29.0 Å². The van der Waals surface area contributed by atoms with E-state index in [-0.39, 0.29) is 6.10 Å². The molecule has 200 valence electrons. The van der Waals surface area contributed by atoms with Crippen molar-refractivity contribution >= 4 is 34.4 Å². The van der Waals surface area contributed by atoms with Gasteiger partial charge in [-0.25, -0.2) is 15.0 Å². The summed E-state index contributed by atoms with van der Waals surface area (Å²) in [4.78, 5) is 19.2. The molecule has 8 nitrogen and oxygen atoms in total. The topological polar surface area (TPSA) is 83.1 Å². The summed E-state index contributed by atoms with van der Waals surface area (Å²) in [5.41, 5.74) is 3.65. The standard InChI is InChI=1S/C29H36ClN7O/c1-18-7-9-19(10-8-18)17-37-27-23(34-29(37)36-11-12-38-25-6-4-5-24(25)36)14-21(15-31)33-26(27)22-13-20(30)16-32-28(22)35(2)3/h13-14,16,18-19,24-25H,4-12,17H2,1-3H3/t18-,19-,24-,25-/m1/s1. The lowest BCUT2D eigenvalue weighted by Crippen LogP contribution is -2.49. The van der Waals surface area contributed by atoms with Crippen LogP contribution in [-0.2, 0) is 11.3 Å². The number of imidazole rings is 1. The molecule has 3 aromatic rings. The minimum Gasteiger partial charge on any atom is -0.374 e. The second-order valence-electron chi connectivity index (χ2n) is 11.5. The van der Waals surface area contributed by atoms with E-state index < -0.39 is 0 Å². The van der Waals surface area contributed by atoms with Crippen molar-refractivity contribution < 1.29 is 4.74 Å². The van der Waals surface area contributed by atoms with Crippen molar-refractivity contribution in [1.82, 2.24) is 19.5 Å². The summed E-state index contributed by atoms with van der Waals surface area (Å²) in [6, 6.07) is 6.34. The zero-order chi connectivity index (χ0) is 26.4. The predicted octanol–water partition coefficient (Wildman–Crippen LogP) is 5.67. The summed E-state index contributed by atoms with van der Waals surface area (Å²) in [7, 11) is 3.93. The van der Waals surface area contributed by atoms with Crippen molar-refractivity contribution in [3.63, 3.8) is 0 Å². The number of hydrogen-bond donors (Lipinski definition) is 0. The largest absolute Gasteiger partial charge is 0.374 e. The highest BCUT2D eigenvalue weighted by Gasteiger charge is 2.39. The Kier molecular flexibility index (Phi) is 6.92. The van der Waals surface area contributed by atoms with Crippen molar-refractivity contribution in [2.45, 2.75) is 70.6 Å². The van der Waals surface area contributed by atoms with Gasteiger partial charge in [0.1, 0.15) is 23.3 Å². The molecule has 0 radical (unpaired) electrons. The molecule has 3 fully saturated rings. The lowest BCUT2D eigenvalue weighted by Gasteiger charge is -2.39. The molecule has 0 N–H and O–H groups in total. The number of rotatable bonds is 5. The predicted molar refractivity (Wildman–Crippen MR) is 151 cm³/mol. The van der Waals surface area contributed by atoms with E-state index in [1.807, 2.05) is 31.1 Å². The minimum absolute atomic E-state index is 0.261. The average molecular weight is 534 g/mol. The number of morpholine rings is 1. The first kappa shape index (κ1) is 25.4. The van der Waals surface area contributed by atoms with Crippen LogP contribution in [0.15, 0.2) is 18.3 Å². The minimum atomic E-state index is 0.261. The Bertz CT molecular complexity index is 1370. The van der Waals surface area contributed by atoms with Crippen molar-refractivity contribution in [3.8, 4) is 17.3 Å². The molecule has 1 aliphatic heterocycles. The molecule has 0 spiro atoms. The third-order valence-electron chi connectivity index (χ3n) is 8.65. The molecule has 0 unspecified atom stereocenters. The van der Waals surface area contributed by atoms with Gasteiger partial charge < -0.3 is 19.1 Å². The van der Waals surface area contributed by atoms with Crippen LogP contribution in [0.4, 0.5) is 11.8 Å². The Balaban J connectivity index is 1.57. The summed E-state index contributed by atoms with van der Waals surface area (Å²) in [6.07, 6.45) is 10.3. The van der Waals surface area contributed by atoms with Crippen LogP contribution in [0.2, 0.25) is 5.02 Å². The van der Waals surface area contributed by atoms with Gasteiger partial charge in [0.25, 0.3) is 0 Å². The number of fused-ring (bicyclic) bond motifs is 2. The highest BCUT2D eigenvalue weighted by atomic mass is 35.5. The molecule has 3 aromatic heterocycles. The zero-order valence-electron chi connectivity index (χ0n) is 22.5. The Morgan fingerprint density at radius 1 is 1.13 bits per heavy atom. The van der Waals surface area contributed by atoms with E-state index in [1.165, 1.54) is 32.1 Å². The molecule has 9 heteroatoms. The van der Waals surface area contributed by atoms with E-state index in [0.29, 0.717) is 29.3 Å². The summed E-state index contributed by atoms with van der Waals surface area (Å²) >= 11 is 6.47. The third-order valence-corrected chi connectivity index (χ3v) is 8.85. The molecule has 2 aliphatic carbocycles. The van der Waals surface area contributed by atoms with Crippen molar-refractivity contribution in [2.75, 3.05) is 37.0 Å². The molecule has 6 rings (SSSR count). The van der Waals surface area contributed by atoms with E-state index in [2.05, 4.69) is 27.4 Å². The first-order valence-electron chi connectivity index (χ1n) is 14.0. The molecule has 0 bridgehead atoms. The molecule has 2 saturated carbocycles. The first-order chi connectivity index (χ1) is 18.4. The molecule has 38 heavy (non-hydrogen) atoms. The molecule has 0 amide bonds. The summed E-state index contributed by atoms with van der Waals surface area (Å²) in [5, 5.41) is 10.4. The Morgan fingerprint density at radius 3 is 2.71 bits per heavy atom. The van der Waals surface area contributed by atoms with Gasteiger partial charge in [-0.3, -0.25) is 0 Å². The number of halogens is 1. The van der Waals surface area contributed by atoms with Gasteiger partial charge in [0.05, 0.1) is 34.8 Å². The molecule has 2 atom stereocenters. The number of aromatic nitrogens is 4. The van der Waals surface area contributed by atoms with Gasteiger partial charge in [-0.05, 0) is 50.0 Å². The fourth-order valence-corrected chi connectivity index (χ4v) is 6.85. The molecule has 0 aromatic carbocycles. The van der Waals surface area contributed by atoms with Crippen molar-refractivity contribution in [2.24, 2.45) is 11.8 Å². The lowest BCUT2D eigenvalue weighted by atomic mass is 9.83. The number of ether oxygens (including phenoxy) is 1. The third kappa shape index (κ3) is 4.60. The van der Waals surface area contributed by atoms with Crippen LogP contribution in [-0.4, -0.2) is 58.9 Å². The Morgan fingerprint density at radius 2 is 1.95 bits per heavy atom. The lowest BCUT2D eigenvalue weighted by molar-refractivity contribution is 0.0247. The monoisotopic (exact) mass is 533 g/mol. The molecular formula is C29H36ClN7O. The fraction of sp³-hybridized carbons (Fsp3) is 0.586. The Hall–Kier alpha value is -2.89. The van der Waals surface area contributed by atoms with Gasteiger partial charge in [-0.1, -0.05) is 31.4 Å². The van der Waals surface area contributed by atoms with Gasteiger partial charge in [-0.15, -0.1) is 0 Å². The van der Waals surface area contributed by atoms with E-state index >= 15 is 0 Å². The summed E-state index contributed by atoms with van der Waals surface area (Å²) < 4.78 is 8.55. The number of anilines is 2. The number of pyridine rings is 2. The van der Waals surface area contributed by atoms with E-state index in [1.54, 1.807) is 6.20 Å². The second kappa shape index (κ2) is 10.3. The van der Waals surface area contributed by atoms with Crippen LogP contribution >= 0.6 is 11.6 Å². The number of nitriles is 1. The first-order valence-corrected chi connectivity index (χ1v) is 14.3. The number of hydrogen-bond acceptors (Lipinski definition) is 7. The highest BCUT2D eigenvalue weighted by molar-refractivity contribution is 6.30. The highest BCUT2D eigenvalue weighted by Crippen LogP contribution is 2.40. The SMILES string of the molecule is CN(C)c1ncc(Cl)cc1-c1nc(C#N)cc2nc(N3CCO[C@@H]4CCC[C@H]43)n(C[C@H]3CC[C@H](C)CC3)c12. The van der Waals surface area contributed by atoms with Crippen LogP contribution < -0.4 is 9.80 Å². The van der Waals surface area contributed by atoms with E-state index in [0.717, 1.165) is 65.9 Å². The van der Waals surface area contributed by atoms with Crippen molar-refractivity contribution in [1.29, 1.82) is 5.26 Å². The normalized spacial score (nSPS) is 25.4. The molecule has 4 heterocycles. The van der Waals surface area contributed by atoms with Crippen LogP contribution in [0.1, 0.15) is 57.6 Å². The summed E-state index contributed by atoms with van der Waals surface area (Å²) in [5.74, 6) is 3.12. The molecule has 3 aliphatic rings. The van der Waals surface area contributed by atoms with Gasteiger partial charge in [0.2, 0.25) is 5.95 Å². The Labute approximate surface area is 229 Å². The maximum Gasteiger partial charge on any atom is 0.207 e. The fourth-order valence-electron chi connectivity index (χ4n) is 6.69. The maximum atomic E-state index is 9.91. The molecular weight excluding hydrogens is 498 g/mol. The summed E-state index contributed by atoms with van der Waals surface area (Å²) in [6.45, 7) is 4.78. The van der Waals surface area contributed by atoms with Crippen LogP contribution in [0.25, 0.3) is 22.3 Å². The second-order valence-corrected chi connectivity index (χ2v) is 11.9. The van der Waals surface area contributed by atoms with Gasteiger partial charge in [0, 0.05) is 45.0 Å². The van der Waals surface area contributed by atoms with Crippen LogP contribution in [0.5, 0.6) is 0 Å². The average Bonchev–Trinajstić information content (AvgIpc) is 3.54. The van der Waals surface area contributed by atoms with Crippen LogP contribution in [0.3, 0.4) is 0 Å².